The van der Waals surface area contributed by atoms with E-state index in [0.717, 1.165) is 5.56 Å². The number of rotatable bonds is 4. The summed E-state index contributed by atoms with van der Waals surface area (Å²) in [6, 6.07) is 17.9. The number of ether oxygens (including phenoxy) is 1. The maximum Gasteiger partial charge on any atom is 0.409 e. The highest BCUT2D eigenvalue weighted by Gasteiger charge is 2.31. The van der Waals surface area contributed by atoms with E-state index in [1.165, 1.54) is 28.3 Å². The third-order valence-corrected chi connectivity index (χ3v) is 6.72. The second kappa shape index (κ2) is 8.58. The van der Waals surface area contributed by atoms with Gasteiger partial charge in [-0.1, -0.05) is 48.5 Å². The molecule has 7 nitrogen and oxygen atoms in total. The zero-order chi connectivity index (χ0) is 22.9. The fourth-order valence-corrected chi connectivity index (χ4v) is 4.98. The van der Waals surface area contributed by atoms with Crippen LogP contribution in [0, 0.1) is 0 Å². The van der Waals surface area contributed by atoms with Crippen LogP contribution >= 0.6 is 0 Å². The first-order valence-electron chi connectivity index (χ1n) is 11.1. The van der Waals surface area contributed by atoms with E-state index in [2.05, 4.69) is 29.2 Å². The van der Waals surface area contributed by atoms with Crippen LogP contribution in [0.4, 0.5) is 4.79 Å². The van der Waals surface area contributed by atoms with Gasteiger partial charge in [0, 0.05) is 25.2 Å². The topological polar surface area (TPSA) is 99.7 Å². The van der Waals surface area contributed by atoms with Crippen LogP contribution in [0.2, 0.25) is 0 Å². The van der Waals surface area contributed by atoms with Crippen molar-refractivity contribution >= 4 is 12.1 Å². The summed E-state index contributed by atoms with van der Waals surface area (Å²) in [5.74, 6) is -1.14. The number of carbonyl (C=O) groups excluding carboxylic acids is 1. The molecule has 168 valence electrons. The number of carboxylic acids is 1. The molecule has 0 spiro atoms. The van der Waals surface area contributed by atoms with Gasteiger partial charge in [-0.25, -0.2) is 9.59 Å². The number of carbonyl (C=O) groups is 2. The molecule has 0 atom stereocenters. The smallest absolute Gasteiger partial charge is 0.409 e. The lowest BCUT2D eigenvalue weighted by atomic mass is 9.90. The SMILES string of the molecule is O=C(O)c1cc(C2CCN(C(=O)OCC3c4ccccc4-c4ccccc43)CC2)c[nH]c1=O. The molecule has 7 heteroatoms. The second-order valence-corrected chi connectivity index (χ2v) is 8.55. The van der Waals surface area contributed by atoms with Gasteiger partial charge in [0.2, 0.25) is 0 Å². The molecule has 2 N–H and O–H groups in total. The molecule has 0 saturated carbocycles. The lowest BCUT2D eigenvalue weighted by Crippen LogP contribution is -2.39. The van der Waals surface area contributed by atoms with Gasteiger partial charge >= 0.3 is 12.1 Å². The third kappa shape index (κ3) is 3.91. The van der Waals surface area contributed by atoms with Crippen molar-refractivity contribution in [3.63, 3.8) is 0 Å². The van der Waals surface area contributed by atoms with E-state index in [4.69, 9.17) is 4.74 Å². The van der Waals surface area contributed by atoms with Crippen molar-refractivity contribution in [1.29, 1.82) is 0 Å². The van der Waals surface area contributed by atoms with Gasteiger partial charge in [-0.15, -0.1) is 0 Å². The second-order valence-electron chi connectivity index (χ2n) is 8.55. The maximum atomic E-state index is 12.8. The van der Waals surface area contributed by atoms with E-state index >= 15 is 0 Å². The monoisotopic (exact) mass is 444 g/mol. The molecule has 1 amide bonds. The summed E-state index contributed by atoms with van der Waals surface area (Å²) in [6.07, 6.45) is 2.59. The largest absolute Gasteiger partial charge is 0.477 e. The molecule has 1 aliphatic heterocycles. The number of benzene rings is 2. The minimum atomic E-state index is -1.24. The summed E-state index contributed by atoms with van der Waals surface area (Å²) in [5.41, 5.74) is 4.65. The number of carboxylic acid groups (broad SMARTS) is 1. The Morgan fingerprint density at radius 1 is 1.00 bits per heavy atom. The molecule has 2 heterocycles. The molecule has 3 aromatic rings. The number of nitrogens with one attached hydrogen (secondary N) is 1. The first kappa shape index (κ1) is 21.0. The Balaban J connectivity index is 1.22. The Morgan fingerprint density at radius 3 is 2.21 bits per heavy atom. The van der Waals surface area contributed by atoms with Gasteiger partial charge in [0.1, 0.15) is 12.2 Å². The number of aromatic amines is 1. The standard InChI is InChI=1S/C26H24N2O5/c29-24-22(25(30)31)13-17(14-27-24)16-9-11-28(12-10-16)26(32)33-15-23-20-7-3-1-5-18(20)19-6-2-4-8-21(19)23/h1-8,13-14,16,23H,9-12,15H2,(H,27,29)(H,30,31). The quantitative estimate of drug-likeness (QED) is 0.628. The zero-order valence-corrected chi connectivity index (χ0v) is 18.0. The number of amides is 1. The number of H-pyrrole nitrogens is 1. The minimum Gasteiger partial charge on any atom is -0.477 e. The molecular weight excluding hydrogens is 420 g/mol. The Labute approximate surface area is 190 Å². The highest BCUT2D eigenvalue weighted by atomic mass is 16.6. The molecule has 33 heavy (non-hydrogen) atoms. The fourth-order valence-electron chi connectivity index (χ4n) is 4.98. The fraction of sp³-hybridized carbons (Fsp3) is 0.269. The Hall–Kier alpha value is -3.87. The van der Waals surface area contributed by atoms with Crippen molar-refractivity contribution in [2.24, 2.45) is 0 Å². The van der Waals surface area contributed by atoms with Crippen LogP contribution in [-0.2, 0) is 4.74 Å². The molecule has 2 aromatic carbocycles. The highest BCUT2D eigenvalue weighted by molar-refractivity contribution is 5.87. The molecule has 1 saturated heterocycles. The van der Waals surface area contributed by atoms with Gasteiger partial charge < -0.3 is 19.7 Å². The number of hydrogen-bond acceptors (Lipinski definition) is 4. The highest BCUT2D eigenvalue weighted by Crippen LogP contribution is 2.44. The van der Waals surface area contributed by atoms with Crippen LogP contribution in [0.5, 0.6) is 0 Å². The van der Waals surface area contributed by atoms with Crippen LogP contribution in [0.1, 0.15) is 51.7 Å². The van der Waals surface area contributed by atoms with E-state index in [1.807, 2.05) is 24.3 Å². The van der Waals surface area contributed by atoms with Gasteiger partial charge in [-0.3, -0.25) is 4.79 Å². The number of fused-ring (bicyclic) bond motifs is 3. The summed E-state index contributed by atoms with van der Waals surface area (Å²) >= 11 is 0. The van der Waals surface area contributed by atoms with E-state index in [9.17, 15) is 19.5 Å². The van der Waals surface area contributed by atoms with Crippen molar-refractivity contribution < 1.29 is 19.4 Å². The lowest BCUT2D eigenvalue weighted by molar-refractivity contribution is 0.0694. The number of aromatic carboxylic acids is 1. The first-order chi connectivity index (χ1) is 16.0. The summed E-state index contributed by atoms with van der Waals surface area (Å²) in [7, 11) is 0. The predicted molar refractivity (Wildman–Crippen MR) is 123 cm³/mol. The van der Waals surface area contributed by atoms with Crippen LogP contribution in [0.3, 0.4) is 0 Å². The number of likely N-dealkylation sites (tertiary alicyclic amines) is 1. The van der Waals surface area contributed by atoms with Crippen molar-refractivity contribution in [2.45, 2.75) is 24.7 Å². The van der Waals surface area contributed by atoms with Crippen molar-refractivity contribution in [1.82, 2.24) is 9.88 Å². The molecule has 5 rings (SSSR count). The Bertz CT molecular complexity index is 1230. The number of nitrogens with zero attached hydrogens (tertiary/aromatic N) is 1. The van der Waals surface area contributed by atoms with E-state index in [0.29, 0.717) is 25.9 Å². The van der Waals surface area contributed by atoms with Gasteiger partial charge in [-0.2, -0.15) is 0 Å². The van der Waals surface area contributed by atoms with Crippen molar-refractivity contribution in [3.05, 3.63) is 93.4 Å². The number of piperidine rings is 1. The summed E-state index contributed by atoms with van der Waals surface area (Å²) in [6.45, 7) is 1.32. The number of hydrogen-bond donors (Lipinski definition) is 2. The zero-order valence-electron chi connectivity index (χ0n) is 18.0. The van der Waals surface area contributed by atoms with Crippen LogP contribution in [-0.4, -0.2) is 46.7 Å². The lowest BCUT2D eigenvalue weighted by Gasteiger charge is -2.31. The molecule has 1 aliphatic carbocycles. The van der Waals surface area contributed by atoms with E-state index in [-0.39, 0.29) is 30.1 Å². The van der Waals surface area contributed by atoms with Gasteiger partial charge in [0.25, 0.3) is 5.56 Å². The molecule has 2 aliphatic rings. The van der Waals surface area contributed by atoms with Crippen LogP contribution in [0.25, 0.3) is 11.1 Å². The third-order valence-electron chi connectivity index (χ3n) is 6.72. The molecular formula is C26H24N2O5. The van der Waals surface area contributed by atoms with Crippen molar-refractivity contribution in [2.75, 3.05) is 19.7 Å². The number of pyridine rings is 1. The minimum absolute atomic E-state index is 0.0227. The van der Waals surface area contributed by atoms with Crippen molar-refractivity contribution in [3.8, 4) is 11.1 Å². The molecule has 1 fully saturated rings. The normalized spacial score (nSPS) is 15.7. The van der Waals surface area contributed by atoms with Gasteiger partial charge in [0.05, 0.1) is 0 Å². The van der Waals surface area contributed by atoms with Crippen LogP contribution < -0.4 is 5.56 Å². The predicted octanol–water partition coefficient (Wildman–Crippen LogP) is 4.20. The Kier molecular flexibility index (Phi) is 5.46. The summed E-state index contributed by atoms with van der Waals surface area (Å²) < 4.78 is 5.75. The first-order valence-corrected chi connectivity index (χ1v) is 11.1. The van der Waals surface area contributed by atoms with E-state index < -0.39 is 11.5 Å². The molecule has 0 bridgehead atoms. The maximum absolute atomic E-state index is 12.8. The average Bonchev–Trinajstić information content (AvgIpc) is 3.16. The summed E-state index contributed by atoms with van der Waals surface area (Å²) in [4.78, 5) is 39.9. The average molecular weight is 444 g/mol. The van der Waals surface area contributed by atoms with E-state index in [1.54, 1.807) is 11.1 Å². The molecule has 1 aromatic heterocycles. The Morgan fingerprint density at radius 2 is 1.61 bits per heavy atom. The number of aromatic nitrogens is 1. The van der Waals surface area contributed by atoms with Crippen LogP contribution in [0.15, 0.2) is 65.6 Å². The van der Waals surface area contributed by atoms with Gasteiger partial charge in [0.15, 0.2) is 0 Å². The summed E-state index contributed by atoms with van der Waals surface area (Å²) in [5, 5.41) is 9.19. The van der Waals surface area contributed by atoms with Gasteiger partial charge in [-0.05, 0) is 52.6 Å². The molecule has 0 radical (unpaired) electrons. The molecule has 0 unspecified atom stereocenters.